The minimum absolute atomic E-state index is 0.146. The number of nitrogens with zero attached hydrogens (tertiary/aromatic N) is 1. The number of aliphatic hydroxyl groups is 1. The molecule has 0 radical (unpaired) electrons. The highest BCUT2D eigenvalue weighted by Gasteiger charge is 2.17. The van der Waals surface area contributed by atoms with E-state index < -0.39 is 16.8 Å². The van der Waals surface area contributed by atoms with Crippen LogP contribution in [0, 0.1) is 5.82 Å². The topological polar surface area (TPSA) is 92.6 Å². The molecule has 1 atom stereocenters. The quantitative estimate of drug-likeness (QED) is 0.444. The van der Waals surface area contributed by atoms with E-state index in [4.69, 9.17) is 9.84 Å². The Labute approximate surface area is 182 Å². The molecule has 0 aliphatic rings. The van der Waals surface area contributed by atoms with E-state index in [1.54, 1.807) is 61.8 Å². The molecule has 1 heterocycles. The van der Waals surface area contributed by atoms with Crippen LogP contribution >= 0.6 is 0 Å². The second-order valence-corrected chi connectivity index (χ2v) is 8.02. The summed E-state index contributed by atoms with van der Waals surface area (Å²) in [6, 6.07) is 14.7. The molecular weight excluding hydrogens is 421 g/mol. The number of rotatable bonds is 10. The van der Waals surface area contributed by atoms with Crippen molar-refractivity contribution in [3.63, 3.8) is 0 Å². The van der Waals surface area contributed by atoms with Gasteiger partial charge in [0.05, 0.1) is 17.2 Å². The highest BCUT2D eigenvalue weighted by atomic mass is 32.2. The number of aromatic nitrogens is 1. The minimum atomic E-state index is -1.67. The third-order valence-electron chi connectivity index (χ3n) is 4.36. The fourth-order valence-electron chi connectivity index (χ4n) is 2.98. The molecule has 0 saturated carbocycles. The third-order valence-corrected chi connectivity index (χ3v) is 5.68. The Morgan fingerprint density at radius 1 is 1.19 bits per heavy atom. The van der Waals surface area contributed by atoms with Crippen molar-refractivity contribution in [1.29, 1.82) is 0 Å². The van der Waals surface area contributed by atoms with Gasteiger partial charge in [0.15, 0.2) is 17.6 Å². The number of carbonyl (C=O) groups excluding carboxylic acids is 1. The van der Waals surface area contributed by atoms with Gasteiger partial charge in [-0.3, -0.25) is 8.77 Å². The molecule has 7 nitrogen and oxygen atoms in total. The maximum atomic E-state index is 14.4. The molecule has 1 unspecified atom stereocenters. The lowest BCUT2D eigenvalue weighted by Gasteiger charge is -2.11. The monoisotopic (exact) mass is 445 g/mol. The highest BCUT2D eigenvalue weighted by molar-refractivity contribution is 7.83. The summed E-state index contributed by atoms with van der Waals surface area (Å²) in [6.45, 7) is 0.300. The van der Waals surface area contributed by atoms with Crippen LogP contribution in [0.1, 0.15) is 5.56 Å². The predicted octanol–water partition coefficient (Wildman–Crippen LogP) is 2.07. The van der Waals surface area contributed by atoms with E-state index in [-0.39, 0.29) is 25.7 Å². The molecule has 1 amide bonds. The Kier molecular flexibility index (Phi) is 7.94. The average Bonchev–Trinajstić information content (AvgIpc) is 3.20. The summed E-state index contributed by atoms with van der Waals surface area (Å²) in [5.74, 6) is -0.398. The van der Waals surface area contributed by atoms with E-state index in [0.717, 1.165) is 5.56 Å². The van der Waals surface area contributed by atoms with Crippen molar-refractivity contribution in [3.8, 4) is 17.0 Å². The molecule has 0 bridgehead atoms. The van der Waals surface area contributed by atoms with Crippen LogP contribution in [0.25, 0.3) is 11.3 Å². The number of nitrogens with one attached hydrogen (secondary N) is 2. The number of amides is 1. The van der Waals surface area contributed by atoms with Crippen molar-refractivity contribution in [2.75, 3.05) is 26.8 Å². The number of hydrogen-bond donors (Lipinski definition) is 3. The van der Waals surface area contributed by atoms with Gasteiger partial charge in [0.25, 0.3) is 5.91 Å². The van der Waals surface area contributed by atoms with Gasteiger partial charge in [-0.1, -0.05) is 18.2 Å². The van der Waals surface area contributed by atoms with Gasteiger partial charge in [-0.15, -0.1) is 0 Å². The van der Waals surface area contributed by atoms with Gasteiger partial charge in [-0.25, -0.2) is 8.60 Å². The Morgan fingerprint density at radius 3 is 2.74 bits per heavy atom. The SMILES string of the molecule is CNCc1cc(-c2ccccc2F)n(S(=O)c2cccc(OCC(=O)NCCO)c2)c1. The molecular formula is C22H24FN3O4S. The molecule has 0 fully saturated rings. The van der Waals surface area contributed by atoms with E-state index in [0.29, 0.717) is 28.4 Å². The number of halogens is 1. The summed E-state index contributed by atoms with van der Waals surface area (Å²) >= 11 is 0. The van der Waals surface area contributed by atoms with E-state index in [1.165, 1.54) is 10.0 Å². The number of carbonyl (C=O) groups is 1. The van der Waals surface area contributed by atoms with E-state index in [9.17, 15) is 13.4 Å². The van der Waals surface area contributed by atoms with Crippen LogP contribution in [0.3, 0.4) is 0 Å². The largest absolute Gasteiger partial charge is 0.484 e. The van der Waals surface area contributed by atoms with Gasteiger partial charge in [0.1, 0.15) is 11.6 Å². The molecule has 1 aromatic heterocycles. The van der Waals surface area contributed by atoms with Gasteiger partial charge in [-0.2, -0.15) is 0 Å². The lowest BCUT2D eigenvalue weighted by molar-refractivity contribution is -0.123. The van der Waals surface area contributed by atoms with E-state index in [1.807, 2.05) is 0 Å². The fourth-order valence-corrected chi connectivity index (χ4v) is 4.18. The summed E-state index contributed by atoms with van der Waals surface area (Å²) in [4.78, 5) is 12.1. The van der Waals surface area contributed by atoms with Crippen LogP contribution in [-0.4, -0.2) is 46.0 Å². The second-order valence-electron chi connectivity index (χ2n) is 6.66. The lowest BCUT2D eigenvalue weighted by atomic mass is 10.1. The summed E-state index contributed by atoms with van der Waals surface area (Å²) < 4.78 is 34.8. The summed E-state index contributed by atoms with van der Waals surface area (Å²) in [6.07, 6.45) is 1.73. The van der Waals surface area contributed by atoms with Gasteiger partial charge >= 0.3 is 0 Å². The van der Waals surface area contributed by atoms with Crippen LogP contribution in [0.5, 0.6) is 5.75 Å². The molecule has 0 aliphatic heterocycles. The number of benzene rings is 2. The smallest absolute Gasteiger partial charge is 0.258 e. The number of ether oxygens (including phenoxy) is 1. The molecule has 0 aliphatic carbocycles. The van der Waals surface area contributed by atoms with Crippen LogP contribution in [0.4, 0.5) is 4.39 Å². The molecule has 31 heavy (non-hydrogen) atoms. The van der Waals surface area contributed by atoms with Crippen molar-refractivity contribution >= 4 is 16.9 Å². The number of hydrogen-bond acceptors (Lipinski definition) is 5. The molecule has 0 spiro atoms. The van der Waals surface area contributed by atoms with E-state index >= 15 is 0 Å². The van der Waals surface area contributed by atoms with E-state index in [2.05, 4.69) is 10.6 Å². The fraction of sp³-hybridized carbons (Fsp3) is 0.227. The van der Waals surface area contributed by atoms with Crippen molar-refractivity contribution < 1.29 is 23.2 Å². The average molecular weight is 446 g/mol. The first-order valence-corrected chi connectivity index (χ1v) is 10.8. The molecule has 3 rings (SSSR count). The normalized spacial score (nSPS) is 11.8. The molecule has 0 saturated heterocycles. The Balaban J connectivity index is 1.87. The maximum Gasteiger partial charge on any atom is 0.258 e. The van der Waals surface area contributed by atoms with Crippen LogP contribution in [0.15, 0.2) is 65.7 Å². The van der Waals surface area contributed by atoms with Crippen LogP contribution in [-0.2, 0) is 22.3 Å². The van der Waals surface area contributed by atoms with Gasteiger partial charge < -0.3 is 20.5 Å². The van der Waals surface area contributed by atoms with Crippen molar-refractivity contribution in [1.82, 2.24) is 14.6 Å². The molecule has 9 heteroatoms. The zero-order valence-electron chi connectivity index (χ0n) is 17.0. The first-order chi connectivity index (χ1) is 15.0. The van der Waals surface area contributed by atoms with Crippen molar-refractivity contribution in [2.24, 2.45) is 0 Å². The third kappa shape index (κ3) is 5.78. The molecule has 164 valence electrons. The standard InChI is InChI=1S/C22H24FN3O4S/c1-24-13-16-11-21(19-7-2-3-8-20(19)23)26(14-16)31(29)18-6-4-5-17(12-18)30-15-22(28)25-9-10-27/h2-8,11-12,14,24,27H,9-10,13,15H2,1H3,(H,25,28). The van der Waals surface area contributed by atoms with Gasteiger partial charge in [-0.05, 0) is 49.0 Å². The lowest BCUT2D eigenvalue weighted by Crippen LogP contribution is -2.31. The predicted molar refractivity (Wildman–Crippen MR) is 116 cm³/mol. The summed E-state index contributed by atoms with van der Waals surface area (Å²) in [5.41, 5.74) is 1.71. The second kappa shape index (κ2) is 10.9. The zero-order valence-corrected chi connectivity index (χ0v) is 17.8. The van der Waals surface area contributed by atoms with Gasteiger partial charge in [0, 0.05) is 24.8 Å². The summed E-state index contributed by atoms with van der Waals surface area (Å²) in [7, 11) is 0.130. The molecule has 3 aromatic rings. The Hall–Kier alpha value is -3.01. The first-order valence-electron chi connectivity index (χ1n) is 9.67. The number of aliphatic hydroxyl groups excluding tert-OH is 1. The first kappa shape index (κ1) is 22.7. The summed E-state index contributed by atoms with van der Waals surface area (Å²) in [5, 5.41) is 14.3. The molecule has 2 aromatic carbocycles. The Bertz CT molecular complexity index is 1070. The van der Waals surface area contributed by atoms with Gasteiger partial charge in [0.2, 0.25) is 0 Å². The van der Waals surface area contributed by atoms with Crippen molar-refractivity contribution in [3.05, 3.63) is 72.2 Å². The Morgan fingerprint density at radius 2 is 2.00 bits per heavy atom. The molecule has 3 N–H and O–H groups in total. The highest BCUT2D eigenvalue weighted by Crippen LogP contribution is 2.28. The van der Waals surface area contributed by atoms with Crippen LogP contribution in [0.2, 0.25) is 0 Å². The zero-order chi connectivity index (χ0) is 22.2. The minimum Gasteiger partial charge on any atom is -0.484 e. The maximum absolute atomic E-state index is 14.4. The van der Waals surface area contributed by atoms with Crippen LogP contribution < -0.4 is 15.4 Å². The van der Waals surface area contributed by atoms with Crippen molar-refractivity contribution in [2.45, 2.75) is 11.4 Å².